The normalized spacial score (nSPS) is 12.5. The van der Waals surface area contributed by atoms with Gasteiger partial charge in [0.05, 0.1) is 28.0 Å². The monoisotopic (exact) mass is 405 g/mol. The fourth-order valence-electron chi connectivity index (χ4n) is 4.23. The highest BCUT2D eigenvalue weighted by Gasteiger charge is 2.25. The maximum atomic E-state index is 12.9. The molecule has 3 aromatic carbocycles. The lowest BCUT2D eigenvalue weighted by atomic mass is 10.1. The summed E-state index contributed by atoms with van der Waals surface area (Å²) in [4.78, 5) is 17.8. The molecule has 0 saturated carbocycles. The Bertz CT molecular complexity index is 1480. The predicted octanol–water partition coefficient (Wildman–Crippen LogP) is 4.51. The zero-order chi connectivity index (χ0) is 20.9. The van der Waals surface area contributed by atoms with E-state index >= 15 is 0 Å². The molecule has 0 fully saturated rings. The summed E-state index contributed by atoms with van der Waals surface area (Å²) in [7, 11) is 0. The molecular formula is C25H19N5O. The van der Waals surface area contributed by atoms with Crippen LogP contribution >= 0.6 is 0 Å². The highest BCUT2D eigenvalue weighted by atomic mass is 16.1. The fraction of sp³-hybridized carbons (Fsp3) is 0.0400. The second kappa shape index (κ2) is 6.68. The summed E-state index contributed by atoms with van der Waals surface area (Å²) in [6.07, 6.45) is 4.04. The molecule has 2 aromatic heterocycles. The van der Waals surface area contributed by atoms with Gasteiger partial charge in [0, 0.05) is 30.2 Å². The summed E-state index contributed by atoms with van der Waals surface area (Å²) in [6.45, 7) is 0.503. The Morgan fingerprint density at radius 1 is 0.968 bits per heavy atom. The SMILES string of the molecule is NCc1ccn(-c2cccc(-c3nc4cccc5c4n3-c3ccccc3NC5=O)c2)c1. The van der Waals surface area contributed by atoms with Crippen molar-refractivity contribution < 1.29 is 4.79 Å². The minimum atomic E-state index is -0.126. The maximum absolute atomic E-state index is 12.9. The average Bonchev–Trinajstić information content (AvgIpc) is 3.41. The van der Waals surface area contributed by atoms with Gasteiger partial charge in [-0.1, -0.05) is 30.3 Å². The summed E-state index contributed by atoms with van der Waals surface area (Å²) in [5, 5.41) is 3.04. The number of nitrogens with two attached hydrogens (primary N) is 1. The van der Waals surface area contributed by atoms with Crippen LogP contribution in [0.25, 0.3) is 33.8 Å². The summed E-state index contributed by atoms with van der Waals surface area (Å²) < 4.78 is 4.14. The van der Waals surface area contributed by atoms with Gasteiger partial charge in [0.2, 0.25) is 0 Å². The van der Waals surface area contributed by atoms with Gasteiger partial charge in [-0.2, -0.15) is 0 Å². The second-order valence-corrected chi connectivity index (χ2v) is 7.60. The number of nitrogens with zero attached hydrogens (tertiary/aromatic N) is 3. The Morgan fingerprint density at radius 3 is 2.71 bits per heavy atom. The summed E-state index contributed by atoms with van der Waals surface area (Å²) in [5.41, 5.74) is 12.7. The van der Waals surface area contributed by atoms with Gasteiger partial charge in [-0.15, -0.1) is 0 Å². The first kappa shape index (κ1) is 17.7. The van der Waals surface area contributed by atoms with Crippen LogP contribution in [0.4, 0.5) is 5.69 Å². The maximum Gasteiger partial charge on any atom is 0.257 e. The van der Waals surface area contributed by atoms with Crippen LogP contribution in [-0.4, -0.2) is 20.0 Å². The van der Waals surface area contributed by atoms with Crippen molar-refractivity contribution in [1.82, 2.24) is 14.1 Å². The third-order valence-electron chi connectivity index (χ3n) is 5.71. The molecule has 5 aromatic rings. The number of hydrogen-bond acceptors (Lipinski definition) is 3. The van der Waals surface area contributed by atoms with Crippen LogP contribution in [0.2, 0.25) is 0 Å². The molecule has 0 atom stereocenters. The van der Waals surface area contributed by atoms with E-state index in [1.807, 2.05) is 73.1 Å². The lowest BCUT2D eigenvalue weighted by Gasteiger charge is -2.13. The van der Waals surface area contributed by atoms with Crippen molar-refractivity contribution in [2.24, 2.45) is 5.73 Å². The summed E-state index contributed by atoms with van der Waals surface area (Å²) >= 11 is 0. The van der Waals surface area contributed by atoms with Gasteiger partial charge in [-0.05, 0) is 48.0 Å². The Morgan fingerprint density at radius 2 is 1.84 bits per heavy atom. The third kappa shape index (κ3) is 2.69. The molecule has 3 heterocycles. The number of hydrogen-bond donors (Lipinski definition) is 2. The van der Waals surface area contributed by atoms with Crippen molar-refractivity contribution in [2.75, 3.05) is 5.32 Å². The van der Waals surface area contributed by atoms with Gasteiger partial charge < -0.3 is 15.6 Å². The number of rotatable bonds is 3. The highest BCUT2D eigenvalue weighted by Crippen LogP contribution is 2.36. The number of anilines is 1. The van der Waals surface area contributed by atoms with Gasteiger partial charge in [-0.25, -0.2) is 4.98 Å². The van der Waals surface area contributed by atoms with E-state index in [-0.39, 0.29) is 5.91 Å². The van der Waals surface area contributed by atoms with Gasteiger partial charge in [0.25, 0.3) is 5.91 Å². The molecule has 0 unspecified atom stereocenters. The Hall–Kier alpha value is -4.16. The summed E-state index contributed by atoms with van der Waals surface area (Å²) in [6, 6.07) is 23.7. The van der Waals surface area contributed by atoms with E-state index in [2.05, 4.69) is 26.6 Å². The largest absolute Gasteiger partial charge is 0.326 e. The molecule has 31 heavy (non-hydrogen) atoms. The first-order chi connectivity index (χ1) is 15.2. The van der Waals surface area contributed by atoms with Crippen LogP contribution in [0, 0.1) is 0 Å². The zero-order valence-corrected chi connectivity index (χ0v) is 16.6. The molecule has 0 aliphatic carbocycles. The van der Waals surface area contributed by atoms with Crippen molar-refractivity contribution >= 4 is 22.6 Å². The van der Waals surface area contributed by atoms with E-state index in [0.717, 1.165) is 45.0 Å². The Labute approximate surface area is 178 Å². The van der Waals surface area contributed by atoms with Gasteiger partial charge in [0.1, 0.15) is 5.82 Å². The van der Waals surface area contributed by atoms with E-state index in [1.54, 1.807) is 0 Å². The van der Waals surface area contributed by atoms with E-state index in [0.29, 0.717) is 12.1 Å². The third-order valence-corrected chi connectivity index (χ3v) is 5.71. The van der Waals surface area contributed by atoms with Crippen molar-refractivity contribution in [3.8, 4) is 22.8 Å². The average molecular weight is 405 g/mol. The second-order valence-electron chi connectivity index (χ2n) is 7.60. The molecule has 0 spiro atoms. The van der Waals surface area contributed by atoms with Crippen LogP contribution < -0.4 is 11.1 Å². The predicted molar refractivity (Wildman–Crippen MR) is 122 cm³/mol. The van der Waals surface area contributed by atoms with Crippen LogP contribution in [0.1, 0.15) is 15.9 Å². The van der Waals surface area contributed by atoms with Crippen molar-refractivity contribution in [1.29, 1.82) is 0 Å². The van der Waals surface area contributed by atoms with E-state index in [4.69, 9.17) is 10.7 Å². The molecule has 0 saturated heterocycles. The minimum absolute atomic E-state index is 0.126. The molecule has 1 amide bonds. The van der Waals surface area contributed by atoms with Gasteiger partial charge in [0.15, 0.2) is 0 Å². The summed E-state index contributed by atoms with van der Waals surface area (Å²) in [5.74, 6) is 0.665. The number of carbonyl (C=O) groups is 1. The van der Waals surface area contributed by atoms with Crippen molar-refractivity contribution in [3.05, 3.63) is 96.3 Å². The van der Waals surface area contributed by atoms with Crippen LogP contribution in [0.15, 0.2) is 85.2 Å². The first-order valence-corrected chi connectivity index (χ1v) is 10.1. The molecule has 1 aliphatic rings. The number of para-hydroxylation sites is 3. The molecule has 6 rings (SSSR count). The molecule has 6 heteroatoms. The number of imidazole rings is 1. The zero-order valence-electron chi connectivity index (χ0n) is 16.6. The molecule has 150 valence electrons. The van der Waals surface area contributed by atoms with Gasteiger partial charge in [-0.3, -0.25) is 9.36 Å². The Kier molecular flexibility index (Phi) is 3.81. The fourth-order valence-corrected chi connectivity index (χ4v) is 4.23. The number of carbonyl (C=O) groups excluding carboxylic acids is 1. The lowest BCUT2D eigenvalue weighted by Crippen LogP contribution is -2.10. The Balaban J connectivity index is 1.63. The number of amides is 1. The van der Waals surface area contributed by atoms with Crippen molar-refractivity contribution in [2.45, 2.75) is 6.54 Å². The van der Waals surface area contributed by atoms with E-state index in [9.17, 15) is 4.79 Å². The van der Waals surface area contributed by atoms with E-state index < -0.39 is 0 Å². The molecule has 3 N–H and O–H groups in total. The van der Waals surface area contributed by atoms with Crippen LogP contribution in [0.5, 0.6) is 0 Å². The van der Waals surface area contributed by atoms with Crippen LogP contribution in [0.3, 0.4) is 0 Å². The quantitative estimate of drug-likeness (QED) is 0.464. The first-order valence-electron chi connectivity index (χ1n) is 10.1. The van der Waals surface area contributed by atoms with E-state index in [1.165, 1.54) is 0 Å². The molecule has 6 nitrogen and oxygen atoms in total. The molecule has 1 aliphatic heterocycles. The molecule has 0 bridgehead atoms. The lowest BCUT2D eigenvalue weighted by molar-refractivity contribution is 0.102. The number of aromatic nitrogens is 3. The molecular weight excluding hydrogens is 386 g/mol. The smallest absolute Gasteiger partial charge is 0.257 e. The number of nitrogens with one attached hydrogen (secondary N) is 1. The number of fused-ring (bicyclic) bond motifs is 2. The topological polar surface area (TPSA) is 77.9 Å². The van der Waals surface area contributed by atoms with Crippen molar-refractivity contribution in [3.63, 3.8) is 0 Å². The van der Waals surface area contributed by atoms with Crippen LogP contribution in [-0.2, 0) is 6.54 Å². The number of benzene rings is 3. The minimum Gasteiger partial charge on any atom is -0.326 e. The highest BCUT2D eigenvalue weighted by molar-refractivity contribution is 6.14. The van der Waals surface area contributed by atoms with Gasteiger partial charge >= 0.3 is 0 Å². The molecule has 0 radical (unpaired) electrons. The standard InChI is InChI=1S/C25H19N5O/c26-14-16-11-12-29(15-16)18-6-3-5-17(13-18)24-27-21-9-4-7-19-23(21)30(24)22-10-2-1-8-20(22)28-25(19)31/h1-13,15H,14,26H2,(H,28,31).